The summed E-state index contributed by atoms with van der Waals surface area (Å²) < 4.78 is 0. The lowest BCUT2D eigenvalue weighted by Crippen LogP contribution is -2.49. The van der Waals surface area contributed by atoms with E-state index in [2.05, 4.69) is 29.4 Å². The van der Waals surface area contributed by atoms with Crippen LogP contribution >= 0.6 is 0 Å². The van der Waals surface area contributed by atoms with Crippen molar-refractivity contribution < 1.29 is 9.90 Å². The molecule has 1 aliphatic heterocycles. The first kappa shape index (κ1) is 18.5. The lowest BCUT2D eigenvalue weighted by atomic mass is 9.92. The summed E-state index contributed by atoms with van der Waals surface area (Å²) in [4.78, 5) is 14.4. The molecule has 4 atom stereocenters. The molecule has 0 bridgehead atoms. The molecular formula is C18H35N3O2. The fourth-order valence-electron chi connectivity index (χ4n) is 4.14. The Morgan fingerprint density at radius 3 is 2.52 bits per heavy atom. The third-order valence-corrected chi connectivity index (χ3v) is 5.18. The van der Waals surface area contributed by atoms with Crippen LogP contribution in [0, 0.1) is 11.8 Å². The van der Waals surface area contributed by atoms with E-state index in [1.165, 1.54) is 19.5 Å². The molecule has 4 unspecified atom stereocenters. The molecule has 1 aliphatic carbocycles. The van der Waals surface area contributed by atoms with Crippen LogP contribution in [0.2, 0.25) is 0 Å². The van der Waals surface area contributed by atoms with Gasteiger partial charge in [-0.05, 0) is 50.5 Å². The molecule has 0 aromatic carbocycles. The zero-order chi connectivity index (χ0) is 16.7. The predicted molar refractivity (Wildman–Crippen MR) is 93.4 cm³/mol. The van der Waals surface area contributed by atoms with Crippen molar-refractivity contribution in [3.8, 4) is 0 Å². The largest absolute Gasteiger partial charge is 0.391 e. The highest BCUT2D eigenvalue weighted by molar-refractivity contribution is 5.74. The van der Waals surface area contributed by atoms with E-state index in [-0.39, 0.29) is 18.2 Å². The first-order valence-corrected chi connectivity index (χ1v) is 9.49. The highest BCUT2D eigenvalue weighted by atomic mass is 16.3. The number of hydrogen-bond acceptors (Lipinski definition) is 3. The number of hydrogen-bond donors (Lipinski definition) is 3. The highest BCUT2D eigenvalue weighted by Gasteiger charge is 2.24. The van der Waals surface area contributed by atoms with Gasteiger partial charge in [0.2, 0.25) is 0 Å². The number of amides is 2. The van der Waals surface area contributed by atoms with Crippen molar-refractivity contribution in [2.45, 2.75) is 70.9 Å². The van der Waals surface area contributed by atoms with E-state index in [9.17, 15) is 9.90 Å². The number of urea groups is 1. The van der Waals surface area contributed by atoms with E-state index in [0.29, 0.717) is 6.54 Å². The maximum absolute atomic E-state index is 11.9. The number of nitrogens with one attached hydrogen (secondary N) is 2. The minimum atomic E-state index is -0.377. The van der Waals surface area contributed by atoms with E-state index in [4.69, 9.17) is 0 Å². The Kier molecular flexibility index (Phi) is 7.63. The van der Waals surface area contributed by atoms with Crippen molar-refractivity contribution in [3.05, 3.63) is 0 Å². The average molecular weight is 325 g/mol. The molecule has 2 rings (SSSR count). The van der Waals surface area contributed by atoms with Gasteiger partial charge in [0.05, 0.1) is 12.1 Å². The molecule has 2 amide bonds. The Morgan fingerprint density at radius 1 is 1.13 bits per heavy atom. The zero-order valence-corrected chi connectivity index (χ0v) is 14.9. The summed E-state index contributed by atoms with van der Waals surface area (Å²) in [6.07, 6.45) is 6.97. The van der Waals surface area contributed by atoms with Gasteiger partial charge in [-0.3, -0.25) is 0 Å². The van der Waals surface area contributed by atoms with Crippen molar-refractivity contribution in [3.63, 3.8) is 0 Å². The second-order valence-corrected chi connectivity index (χ2v) is 7.77. The van der Waals surface area contributed by atoms with Gasteiger partial charge in [-0.15, -0.1) is 0 Å². The Morgan fingerprint density at radius 2 is 1.83 bits per heavy atom. The molecule has 0 spiro atoms. The summed E-state index contributed by atoms with van der Waals surface area (Å²) in [5, 5.41) is 15.7. The van der Waals surface area contributed by atoms with Gasteiger partial charge in [0.15, 0.2) is 0 Å². The van der Waals surface area contributed by atoms with Crippen LogP contribution in [0.5, 0.6) is 0 Å². The Hall–Kier alpha value is -0.810. The molecule has 1 heterocycles. The van der Waals surface area contributed by atoms with Crippen LogP contribution in [0.25, 0.3) is 0 Å². The van der Waals surface area contributed by atoms with E-state index in [1.54, 1.807) is 0 Å². The lowest BCUT2D eigenvalue weighted by Gasteiger charge is -2.34. The number of aliphatic hydroxyl groups excluding tert-OH is 1. The summed E-state index contributed by atoms with van der Waals surface area (Å²) >= 11 is 0. The molecule has 5 heteroatoms. The van der Waals surface area contributed by atoms with Crippen LogP contribution in [-0.2, 0) is 0 Å². The molecule has 3 N–H and O–H groups in total. The highest BCUT2D eigenvalue weighted by Crippen LogP contribution is 2.21. The average Bonchev–Trinajstić information content (AvgIpc) is 2.48. The third-order valence-electron chi connectivity index (χ3n) is 5.18. The molecule has 0 radical (unpaired) electrons. The van der Waals surface area contributed by atoms with Gasteiger partial charge in [0, 0.05) is 19.6 Å². The van der Waals surface area contributed by atoms with Crippen LogP contribution < -0.4 is 10.6 Å². The van der Waals surface area contributed by atoms with E-state index >= 15 is 0 Å². The molecule has 2 fully saturated rings. The summed E-state index contributed by atoms with van der Waals surface area (Å²) in [5.41, 5.74) is 0. The van der Waals surface area contributed by atoms with Gasteiger partial charge in [-0.1, -0.05) is 26.7 Å². The van der Waals surface area contributed by atoms with Gasteiger partial charge in [0.25, 0.3) is 0 Å². The number of carbonyl (C=O) groups excluding carboxylic acids is 1. The third kappa shape index (κ3) is 6.68. The van der Waals surface area contributed by atoms with Crippen LogP contribution in [0.4, 0.5) is 4.79 Å². The van der Waals surface area contributed by atoms with Crippen LogP contribution in [0.3, 0.4) is 0 Å². The van der Waals surface area contributed by atoms with E-state index in [0.717, 1.165) is 56.9 Å². The van der Waals surface area contributed by atoms with Crippen molar-refractivity contribution in [1.29, 1.82) is 0 Å². The van der Waals surface area contributed by atoms with Gasteiger partial charge in [-0.2, -0.15) is 0 Å². The Bertz CT molecular complexity index is 354. The molecule has 5 nitrogen and oxygen atoms in total. The molecule has 2 aliphatic rings. The van der Waals surface area contributed by atoms with Crippen molar-refractivity contribution >= 4 is 6.03 Å². The maximum Gasteiger partial charge on any atom is 0.315 e. The lowest BCUT2D eigenvalue weighted by molar-refractivity contribution is 0.0943. The quantitative estimate of drug-likeness (QED) is 0.657. The van der Waals surface area contributed by atoms with Gasteiger partial charge in [0.1, 0.15) is 0 Å². The minimum absolute atomic E-state index is 0.0694. The second-order valence-electron chi connectivity index (χ2n) is 7.77. The molecular weight excluding hydrogens is 290 g/mol. The first-order valence-electron chi connectivity index (χ1n) is 9.49. The smallest absolute Gasteiger partial charge is 0.315 e. The molecule has 0 aromatic rings. The Balaban J connectivity index is 1.52. The van der Waals surface area contributed by atoms with Crippen LogP contribution in [0.15, 0.2) is 0 Å². The normalized spacial score (nSPS) is 32.5. The summed E-state index contributed by atoms with van der Waals surface area (Å²) in [5.74, 6) is 1.62. The number of piperidine rings is 1. The SMILES string of the molecule is CC1CC(C)CN(CCCCNC(=O)NC2CCCCC2O)C1. The number of rotatable bonds is 6. The number of aliphatic hydroxyl groups is 1. The number of unbranched alkanes of at least 4 members (excludes halogenated alkanes) is 1. The Labute approximate surface area is 141 Å². The number of carbonyl (C=O) groups is 1. The molecule has 134 valence electrons. The summed E-state index contributed by atoms with van der Waals surface area (Å²) in [6, 6.07) is -0.198. The van der Waals surface area contributed by atoms with Crippen molar-refractivity contribution in [2.75, 3.05) is 26.2 Å². The monoisotopic (exact) mass is 325 g/mol. The number of nitrogens with zero attached hydrogens (tertiary/aromatic N) is 1. The summed E-state index contributed by atoms with van der Waals surface area (Å²) in [7, 11) is 0. The topological polar surface area (TPSA) is 64.6 Å². The summed E-state index contributed by atoms with van der Waals surface area (Å²) in [6.45, 7) is 8.98. The van der Waals surface area contributed by atoms with Crippen LogP contribution in [-0.4, -0.2) is 54.4 Å². The molecule has 1 saturated carbocycles. The molecule has 1 saturated heterocycles. The van der Waals surface area contributed by atoms with Gasteiger partial charge < -0.3 is 20.6 Å². The molecule has 0 aromatic heterocycles. The fraction of sp³-hybridized carbons (Fsp3) is 0.944. The predicted octanol–water partition coefficient (Wildman–Crippen LogP) is 2.35. The minimum Gasteiger partial charge on any atom is -0.391 e. The maximum atomic E-state index is 11.9. The number of likely N-dealkylation sites (tertiary alicyclic amines) is 1. The standard InChI is InChI=1S/C18H35N3O2/c1-14-11-15(2)13-21(12-14)10-6-5-9-19-18(23)20-16-7-3-4-8-17(16)22/h14-17,22H,3-13H2,1-2H3,(H2,19,20,23). The van der Waals surface area contributed by atoms with Crippen LogP contribution in [0.1, 0.15) is 58.8 Å². The van der Waals surface area contributed by atoms with Crippen molar-refractivity contribution in [2.24, 2.45) is 11.8 Å². The van der Waals surface area contributed by atoms with Gasteiger partial charge in [-0.25, -0.2) is 4.79 Å². The zero-order valence-electron chi connectivity index (χ0n) is 14.9. The van der Waals surface area contributed by atoms with E-state index in [1.807, 2.05) is 0 Å². The molecule has 23 heavy (non-hydrogen) atoms. The second kappa shape index (κ2) is 9.48. The first-order chi connectivity index (χ1) is 11.0. The fourth-order valence-corrected chi connectivity index (χ4v) is 4.14. The van der Waals surface area contributed by atoms with Crippen molar-refractivity contribution in [1.82, 2.24) is 15.5 Å². The van der Waals surface area contributed by atoms with Gasteiger partial charge >= 0.3 is 6.03 Å². The van der Waals surface area contributed by atoms with E-state index < -0.39 is 0 Å².